The van der Waals surface area contributed by atoms with Gasteiger partial charge in [0.05, 0.1) is 23.2 Å². The van der Waals surface area contributed by atoms with E-state index >= 15 is 0 Å². The summed E-state index contributed by atoms with van der Waals surface area (Å²) in [4.78, 5) is 2.38. The summed E-state index contributed by atoms with van der Waals surface area (Å²) >= 11 is 5.31. The maximum Gasteiger partial charge on any atom is 0.416 e. The highest BCUT2D eigenvalue weighted by molar-refractivity contribution is 7.80. The number of nitrogens with zero attached hydrogens (tertiary/aromatic N) is 1. The number of piperidine rings is 1. The smallest absolute Gasteiger partial charge is 0.357 e. The highest BCUT2D eigenvalue weighted by atomic mass is 32.1. The lowest BCUT2D eigenvalue weighted by molar-refractivity contribution is -0.143. The minimum Gasteiger partial charge on any atom is -0.357 e. The van der Waals surface area contributed by atoms with Crippen LogP contribution in [0.1, 0.15) is 47.6 Å². The van der Waals surface area contributed by atoms with Crippen LogP contribution in [0.25, 0.3) is 0 Å². The van der Waals surface area contributed by atoms with Crippen LogP contribution in [0.15, 0.2) is 42.5 Å². The molecule has 2 aromatic rings. The maximum absolute atomic E-state index is 13.2. The van der Waals surface area contributed by atoms with E-state index in [1.807, 2.05) is 18.2 Å². The van der Waals surface area contributed by atoms with Crippen LogP contribution in [-0.2, 0) is 18.8 Å². The SMILES string of the molecule is FC(F)(F)c1cc(NC(=S)N[C@@H]2Cc3ccccc3[C@@H]2N2CCCCC2)cc(C(F)(F)F)c1. The van der Waals surface area contributed by atoms with E-state index in [1.165, 1.54) is 12.0 Å². The summed E-state index contributed by atoms with van der Waals surface area (Å²) in [5.41, 5.74) is -0.797. The van der Waals surface area contributed by atoms with Crippen LogP contribution >= 0.6 is 12.2 Å². The van der Waals surface area contributed by atoms with Gasteiger partial charge in [0.15, 0.2) is 5.11 Å². The van der Waals surface area contributed by atoms with E-state index in [-0.39, 0.29) is 28.9 Å². The van der Waals surface area contributed by atoms with E-state index in [9.17, 15) is 26.3 Å². The van der Waals surface area contributed by atoms with E-state index in [1.54, 1.807) is 0 Å². The van der Waals surface area contributed by atoms with Crippen LogP contribution in [-0.4, -0.2) is 29.1 Å². The van der Waals surface area contributed by atoms with E-state index < -0.39 is 23.5 Å². The molecule has 0 saturated carbocycles. The fourth-order valence-electron chi connectivity index (χ4n) is 4.71. The second-order valence-electron chi connectivity index (χ2n) is 8.44. The summed E-state index contributed by atoms with van der Waals surface area (Å²) in [7, 11) is 0. The number of alkyl halides is 6. The van der Waals surface area contributed by atoms with Gasteiger partial charge >= 0.3 is 12.4 Å². The van der Waals surface area contributed by atoms with Crippen molar-refractivity contribution in [2.24, 2.45) is 0 Å². The number of hydrogen-bond acceptors (Lipinski definition) is 2. The molecule has 0 radical (unpaired) electrons. The van der Waals surface area contributed by atoms with Gasteiger partial charge in [0.1, 0.15) is 0 Å². The topological polar surface area (TPSA) is 27.3 Å². The maximum atomic E-state index is 13.2. The fraction of sp³-hybridized carbons (Fsp3) is 0.435. The fourth-order valence-corrected chi connectivity index (χ4v) is 4.98. The zero-order valence-electron chi connectivity index (χ0n) is 17.6. The molecule has 178 valence electrons. The predicted octanol–water partition coefficient (Wildman–Crippen LogP) is 6.16. The van der Waals surface area contributed by atoms with Gasteiger partial charge in [-0.05, 0) is 73.9 Å². The Kier molecular flexibility index (Phi) is 6.59. The minimum absolute atomic E-state index is 0.0118. The van der Waals surface area contributed by atoms with Crippen molar-refractivity contribution in [1.29, 1.82) is 0 Å². The largest absolute Gasteiger partial charge is 0.416 e. The quantitative estimate of drug-likeness (QED) is 0.401. The number of fused-ring (bicyclic) bond motifs is 1. The number of likely N-dealkylation sites (tertiary alicyclic amines) is 1. The molecule has 1 heterocycles. The molecular weight excluding hydrogens is 464 g/mol. The van der Waals surface area contributed by atoms with E-state index in [0.717, 1.165) is 31.5 Å². The molecule has 2 N–H and O–H groups in total. The molecule has 3 nitrogen and oxygen atoms in total. The average Bonchev–Trinajstić information content (AvgIpc) is 3.10. The first-order valence-corrected chi connectivity index (χ1v) is 11.1. The number of hydrogen-bond donors (Lipinski definition) is 2. The Morgan fingerprint density at radius 2 is 1.48 bits per heavy atom. The molecule has 0 bridgehead atoms. The van der Waals surface area contributed by atoms with Crippen molar-refractivity contribution in [2.45, 2.75) is 50.1 Å². The minimum atomic E-state index is -4.92. The Hall–Kier alpha value is -2.33. The lowest BCUT2D eigenvalue weighted by Gasteiger charge is -2.37. The molecule has 1 aliphatic carbocycles. The molecule has 2 aromatic carbocycles. The van der Waals surface area contributed by atoms with Crippen LogP contribution in [0.3, 0.4) is 0 Å². The molecule has 33 heavy (non-hydrogen) atoms. The molecule has 10 heteroatoms. The van der Waals surface area contributed by atoms with Crippen molar-refractivity contribution in [3.63, 3.8) is 0 Å². The van der Waals surface area contributed by atoms with Gasteiger partial charge in [-0.3, -0.25) is 4.90 Å². The third kappa shape index (κ3) is 5.43. The Labute approximate surface area is 193 Å². The van der Waals surface area contributed by atoms with Crippen molar-refractivity contribution in [3.8, 4) is 0 Å². The van der Waals surface area contributed by atoms with Crippen LogP contribution < -0.4 is 10.6 Å². The second-order valence-corrected chi connectivity index (χ2v) is 8.85. The van der Waals surface area contributed by atoms with Crippen LogP contribution in [0, 0.1) is 0 Å². The lowest BCUT2D eigenvalue weighted by atomic mass is 10.0. The zero-order valence-corrected chi connectivity index (χ0v) is 18.4. The first kappa shape index (κ1) is 23.8. The molecule has 0 spiro atoms. The number of halogens is 6. The second kappa shape index (κ2) is 9.13. The normalized spacial score (nSPS) is 21.5. The summed E-state index contributed by atoms with van der Waals surface area (Å²) in [6, 6.07) is 9.28. The number of anilines is 1. The van der Waals surface area contributed by atoms with Gasteiger partial charge in [-0.2, -0.15) is 26.3 Å². The molecule has 0 aromatic heterocycles. The zero-order chi connectivity index (χ0) is 23.8. The van der Waals surface area contributed by atoms with Gasteiger partial charge in [-0.1, -0.05) is 30.7 Å². The van der Waals surface area contributed by atoms with E-state index in [2.05, 4.69) is 21.6 Å². The van der Waals surface area contributed by atoms with E-state index in [4.69, 9.17) is 12.2 Å². The molecule has 0 amide bonds. The summed E-state index contributed by atoms with van der Waals surface area (Å²) in [5, 5.41) is 5.69. The summed E-state index contributed by atoms with van der Waals surface area (Å²) < 4.78 is 79.0. The molecule has 2 atom stereocenters. The Morgan fingerprint density at radius 3 is 2.09 bits per heavy atom. The highest BCUT2D eigenvalue weighted by Gasteiger charge is 2.38. The Bertz CT molecular complexity index is 982. The van der Waals surface area contributed by atoms with Crippen molar-refractivity contribution in [1.82, 2.24) is 10.2 Å². The third-order valence-electron chi connectivity index (χ3n) is 6.14. The molecular formula is C23H23F6N3S. The number of benzene rings is 2. The molecule has 1 fully saturated rings. The van der Waals surface area contributed by atoms with Gasteiger partial charge in [-0.15, -0.1) is 0 Å². The third-order valence-corrected chi connectivity index (χ3v) is 6.36. The summed E-state index contributed by atoms with van der Waals surface area (Å²) in [6.45, 7) is 1.86. The monoisotopic (exact) mass is 487 g/mol. The molecule has 4 rings (SSSR count). The highest BCUT2D eigenvalue weighted by Crippen LogP contribution is 2.39. The summed E-state index contributed by atoms with van der Waals surface area (Å²) in [6.07, 6.45) is -5.84. The van der Waals surface area contributed by atoms with Crippen molar-refractivity contribution in [3.05, 3.63) is 64.7 Å². The van der Waals surface area contributed by atoms with Gasteiger partial charge < -0.3 is 10.6 Å². The Balaban J connectivity index is 1.55. The van der Waals surface area contributed by atoms with Gasteiger partial charge in [0.2, 0.25) is 0 Å². The van der Waals surface area contributed by atoms with Gasteiger partial charge in [0.25, 0.3) is 0 Å². The molecule has 2 aliphatic rings. The Morgan fingerprint density at radius 1 is 0.879 bits per heavy atom. The van der Waals surface area contributed by atoms with Crippen molar-refractivity contribution in [2.75, 3.05) is 18.4 Å². The molecule has 1 saturated heterocycles. The first-order chi connectivity index (χ1) is 15.5. The van der Waals surface area contributed by atoms with E-state index in [0.29, 0.717) is 18.6 Å². The van der Waals surface area contributed by atoms with Crippen LogP contribution in [0.4, 0.5) is 32.0 Å². The lowest BCUT2D eigenvalue weighted by Crippen LogP contribution is -2.47. The van der Waals surface area contributed by atoms with Crippen molar-refractivity contribution < 1.29 is 26.3 Å². The van der Waals surface area contributed by atoms with Crippen molar-refractivity contribution >= 4 is 23.0 Å². The van der Waals surface area contributed by atoms with Gasteiger partial charge in [0, 0.05) is 5.69 Å². The number of rotatable bonds is 3. The summed E-state index contributed by atoms with van der Waals surface area (Å²) in [5.74, 6) is 0. The van der Waals surface area contributed by atoms with Crippen LogP contribution in [0.2, 0.25) is 0 Å². The van der Waals surface area contributed by atoms with Crippen LogP contribution in [0.5, 0.6) is 0 Å². The number of nitrogens with one attached hydrogen (secondary N) is 2. The molecule has 0 unspecified atom stereocenters. The average molecular weight is 488 g/mol. The first-order valence-electron chi connectivity index (χ1n) is 10.7. The predicted molar refractivity (Wildman–Crippen MR) is 118 cm³/mol. The standard InChI is InChI=1S/C23H23F6N3S/c24-22(25,26)15-11-16(23(27,28)29)13-17(12-15)30-21(33)31-19-10-14-6-2-3-7-18(14)20(19)32-8-4-1-5-9-32/h2-3,6-7,11-13,19-20H,1,4-5,8-10H2,(H2,30,31,33)/t19-,20+/m1/s1. The number of thiocarbonyl (C=S) groups is 1. The van der Waals surface area contributed by atoms with Gasteiger partial charge in [-0.25, -0.2) is 0 Å². The molecule has 1 aliphatic heterocycles.